The van der Waals surface area contributed by atoms with Crippen LogP contribution in [0.3, 0.4) is 0 Å². The molecule has 112 valence electrons. The highest BCUT2D eigenvalue weighted by Gasteiger charge is 2.28. The number of hydrogen-bond donors (Lipinski definition) is 2. The molecule has 0 saturated carbocycles. The second kappa shape index (κ2) is 7.68. The first-order valence-corrected chi connectivity index (χ1v) is 6.06. The molecule has 0 aliphatic carbocycles. The Hall–Kier alpha value is -1.83. The number of carbonyl (C=O) groups is 1. The molecule has 0 aromatic carbocycles. The maximum Gasteiger partial charge on any atom is 0.422 e. The average molecular weight is 291 g/mol. The summed E-state index contributed by atoms with van der Waals surface area (Å²) in [5, 5.41) is 2.65. The Labute approximate surface area is 114 Å². The molecule has 1 heterocycles. The number of halogens is 3. The van der Waals surface area contributed by atoms with Crippen molar-refractivity contribution in [3.8, 4) is 5.88 Å². The second-order valence-corrected chi connectivity index (χ2v) is 4.04. The number of carbonyl (C=O) groups excluding carboxylic acids is 1. The molecule has 0 bridgehead atoms. The van der Waals surface area contributed by atoms with Gasteiger partial charge < -0.3 is 15.8 Å². The molecule has 0 saturated heterocycles. The normalized spacial score (nSPS) is 11.2. The number of amides is 1. The van der Waals surface area contributed by atoms with E-state index in [4.69, 9.17) is 5.73 Å². The summed E-state index contributed by atoms with van der Waals surface area (Å²) in [5.41, 5.74) is 5.58. The van der Waals surface area contributed by atoms with Crippen LogP contribution in [0.15, 0.2) is 18.3 Å². The summed E-state index contributed by atoms with van der Waals surface area (Å²) in [6, 6.07) is 2.58. The van der Waals surface area contributed by atoms with E-state index in [0.717, 1.165) is 12.8 Å². The number of pyridine rings is 1. The maximum atomic E-state index is 11.9. The first-order chi connectivity index (χ1) is 9.42. The molecule has 0 aliphatic heterocycles. The second-order valence-electron chi connectivity index (χ2n) is 4.04. The fourth-order valence-corrected chi connectivity index (χ4v) is 1.33. The number of nitrogens with one attached hydrogen (secondary N) is 1. The number of rotatable bonds is 7. The Morgan fingerprint density at radius 1 is 1.35 bits per heavy atom. The van der Waals surface area contributed by atoms with Crippen LogP contribution in [0, 0.1) is 0 Å². The van der Waals surface area contributed by atoms with Crippen LogP contribution < -0.4 is 15.8 Å². The number of unbranched alkanes of at least 4 members (excludes halogenated alkanes) is 1. The molecule has 1 aromatic rings. The van der Waals surface area contributed by atoms with Crippen molar-refractivity contribution < 1.29 is 22.7 Å². The lowest BCUT2D eigenvalue weighted by atomic mass is 10.2. The van der Waals surface area contributed by atoms with E-state index in [1.54, 1.807) is 0 Å². The quantitative estimate of drug-likeness (QED) is 0.746. The number of aromatic nitrogens is 1. The van der Waals surface area contributed by atoms with Crippen molar-refractivity contribution >= 4 is 5.91 Å². The topological polar surface area (TPSA) is 77.2 Å². The lowest BCUT2D eigenvalue weighted by Gasteiger charge is -2.08. The van der Waals surface area contributed by atoms with E-state index in [1.165, 1.54) is 18.3 Å². The highest BCUT2D eigenvalue weighted by molar-refractivity contribution is 5.93. The smallest absolute Gasteiger partial charge is 0.422 e. The fourth-order valence-electron chi connectivity index (χ4n) is 1.33. The minimum absolute atomic E-state index is 0.179. The average Bonchev–Trinajstić information content (AvgIpc) is 2.41. The van der Waals surface area contributed by atoms with Crippen molar-refractivity contribution in [2.24, 2.45) is 5.73 Å². The molecular formula is C12H16F3N3O2. The summed E-state index contributed by atoms with van der Waals surface area (Å²) in [4.78, 5) is 15.3. The van der Waals surface area contributed by atoms with Gasteiger partial charge in [0.2, 0.25) is 5.88 Å². The van der Waals surface area contributed by atoms with E-state index in [1.807, 2.05) is 0 Å². The number of nitrogens with zero attached hydrogens (tertiary/aromatic N) is 1. The summed E-state index contributed by atoms with van der Waals surface area (Å²) in [6.45, 7) is -0.365. The summed E-state index contributed by atoms with van der Waals surface area (Å²) < 4.78 is 40.2. The van der Waals surface area contributed by atoms with Crippen molar-refractivity contribution in [1.82, 2.24) is 10.3 Å². The van der Waals surface area contributed by atoms with Crippen molar-refractivity contribution in [3.63, 3.8) is 0 Å². The van der Waals surface area contributed by atoms with Crippen molar-refractivity contribution in [2.45, 2.75) is 19.0 Å². The van der Waals surface area contributed by atoms with Crippen LogP contribution in [-0.4, -0.2) is 36.8 Å². The van der Waals surface area contributed by atoms with Crippen molar-refractivity contribution in [1.29, 1.82) is 0 Å². The Balaban J connectivity index is 2.43. The fraction of sp³-hybridized carbons (Fsp3) is 0.500. The molecule has 1 aromatic heterocycles. The summed E-state index contributed by atoms with van der Waals surface area (Å²) in [6.07, 6.45) is -1.67. The molecule has 0 fully saturated rings. The molecule has 0 unspecified atom stereocenters. The van der Waals surface area contributed by atoms with Crippen LogP contribution in [0.25, 0.3) is 0 Å². The monoisotopic (exact) mass is 291 g/mol. The largest absolute Gasteiger partial charge is 0.468 e. The van der Waals surface area contributed by atoms with E-state index < -0.39 is 12.8 Å². The third kappa shape index (κ3) is 6.37. The standard InChI is InChI=1S/C12H16F3N3O2/c13-12(14,15)8-20-10-4-3-9(7-18-10)11(19)17-6-2-1-5-16/h3-4,7H,1-2,5-6,8,16H2,(H,17,19). The van der Waals surface area contributed by atoms with Crippen LogP contribution >= 0.6 is 0 Å². The van der Waals surface area contributed by atoms with Gasteiger partial charge in [-0.3, -0.25) is 4.79 Å². The predicted octanol–water partition coefficient (Wildman–Crippen LogP) is 1.49. The Morgan fingerprint density at radius 3 is 2.65 bits per heavy atom. The molecule has 5 nitrogen and oxygen atoms in total. The van der Waals surface area contributed by atoms with E-state index in [-0.39, 0.29) is 17.4 Å². The molecule has 1 amide bonds. The van der Waals surface area contributed by atoms with E-state index in [9.17, 15) is 18.0 Å². The lowest BCUT2D eigenvalue weighted by Crippen LogP contribution is -2.25. The van der Waals surface area contributed by atoms with E-state index >= 15 is 0 Å². The highest BCUT2D eigenvalue weighted by Crippen LogP contribution is 2.16. The van der Waals surface area contributed by atoms with Crippen molar-refractivity contribution in [3.05, 3.63) is 23.9 Å². The van der Waals surface area contributed by atoms with Gasteiger partial charge in [0.1, 0.15) is 0 Å². The van der Waals surface area contributed by atoms with Gasteiger partial charge >= 0.3 is 6.18 Å². The molecule has 0 atom stereocenters. The zero-order valence-electron chi connectivity index (χ0n) is 10.7. The van der Waals surface area contributed by atoms with Gasteiger partial charge in [-0.1, -0.05) is 0 Å². The van der Waals surface area contributed by atoms with Crippen LogP contribution in [0.2, 0.25) is 0 Å². The number of hydrogen-bond acceptors (Lipinski definition) is 4. The molecule has 8 heteroatoms. The van der Waals surface area contributed by atoms with Crippen molar-refractivity contribution in [2.75, 3.05) is 19.7 Å². The predicted molar refractivity (Wildman–Crippen MR) is 66.4 cm³/mol. The van der Waals surface area contributed by atoms with Gasteiger partial charge in [0.05, 0.1) is 5.56 Å². The minimum atomic E-state index is -4.42. The third-order valence-electron chi connectivity index (χ3n) is 2.30. The van der Waals surface area contributed by atoms with Gasteiger partial charge in [-0.25, -0.2) is 4.98 Å². The zero-order chi connectivity index (χ0) is 15.0. The Kier molecular flexibility index (Phi) is 6.23. The van der Waals surface area contributed by atoms with E-state index in [2.05, 4.69) is 15.0 Å². The van der Waals surface area contributed by atoms with Gasteiger partial charge in [0.15, 0.2) is 6.61 Å². The first-order valence-electron chi connectivity index (χ1n) is 6.06. The molecule has 20 heavy (non-hydrogen) atoms. The van der Waals surface area contributed by atoms with Gasteiger partial charge in [0.25, 0.3) is 5.91 Å². The van der Waals surface area contributed by atoms with Crippen LogP contribution in [0.5, 0.6) is 5.88 Å². The van der Waals surface area contributed by atoms with Gasteiger partial charge in [-0.2, -0.15) is 13.2 Å². The van der Waals surface area contributed by atoms with Crippen LogP contribution in [0.1, 0.15) is 23.2 Å². The highest BCUT2D eigenvalue weighted by atomic mass is 19.4. The SMILES string of the molecule is NCCCCNC(=O)c1ccc(OCC(F)(F)F)nc1. The Bertz CT molecular complexity index is 421. The third-order valence-corrected chi connectivity index (χ3v) is 2.30. The molecular weight excluding hydrogens is 275 g/mol. The summed E-state index contributed by atoms with van der Waals surface area (Å²) >= 11 is 0. The minimum Gasteiger partial charge on any atom is -0.468 e. The number of ether oxygens (including phenoxy) is 1. The number of nitrogens with two attached hydrogens (primary N) is 1. The van der Waals surface area contributed by atoms with Gasteiger partial charge in [0, 0.05) is 18.8 Å². The van der Waals surface area contributed by atoms with Crippen LogP contribution in [0.4, 0.5) is 13.2 Å². The lowest BCUT2D eigenvalue weighted by molar-refractivity contribution is -0.154. The molecule has 3 N–H and O–H groups in total. The first kappa shape index (κ1) is 16.2. The molecule has 0 radical (unpaired) electrons. The molecule has 0 aliphatic rings. The zero-order valence-corrected chi connectivity index (χ0v) is 10.7. The van der Waals surface area contributed by atoms with Gasteiger partial charge in [-0.15, -0.1) is 0 Å². The van der Waals surface area contributed by atoms with Crippen LogP contribution in [-0.2, 0) is 0 Å². The summed E-state index contributed by atoms with van der Waals surface area (Å²) in [5.74, 6) is -0.515. The molecule has 1 rings (SSSR count). The van der Waals surface area contributed by atoms with E-state index in [0.29, 0.717) is 13.1 Å². The molecule has 0 spiro atoms. The number of alkyl halides is 3. The maximum absolute atomic E-state index is 11.9. The van der Waals surface area contributed by atoms with Gasteiger partial charge in [-0.05, 0) is 25.5 Å². The Morgan fingerprint density at radius 2 is 2.10 bits per heavy atom. The summed E-state index contributed by atoms with van der Waals surface area (Å²) in [7, 11) is 0.